The van der Waals surface area contributed by atoms with Crippen LogP contribution in [0.2, 0.25) is 0 Å². The standard InChI is InChI=1S/C24H28N2O3/c1-3-13-26(14-12-22(27)18-28-4-2)21-10-7-11-23(16-21)29-24-15-19-8-5-6-9-20(19)17-25-24/h5-11,15-17H,3-4,12-14,18H2,1-2H3. The van der Waals surface area contributed by atoms with Crippen LogP contribution in [-0.4, -0.2) is 37.1 Å². The molecule has 0 saturated carbocycles. The van der Waals surface area contributed by atoms with Gasteiger partial charge in [-0.1, -0.05) is 37.3 Å². The first-order valence-electron chi connectivity index (χ1n) is 10.2. The van der Waals surface area contributed by atoms with Crippen LogP contribution < -0.4 is 9.64 Å². The Bertz CT molecular complexity index is 942. The van der Waals surface area contributed by atoms with Gasteiger partial charge in [0.05, 0.1) is 0 Å². The summed E-state index contributed by atoms with van der Waals surface area (Å²) in [7, 11) is 0. The first-order chi connectivity index (χ1) is 14.2. The van der Waals surface area contributed by atoms with Crippen molar-refractivity contribution in [3.63, 3.8) is 0 Å². The zero-order valence-corrected chi connectivity index (χ0v) is 17.1. The van der Waals surface area contributed by atoms with Crippen molar-refractivity contribution < 1.29 is 14.3 Å². The van der Waals surface area contributed by atoms with Gasteiger partial charge in [0.25, 0.3) is 0 Å². The molecule has 0 atom stereocenters. The lowest BCUT2D eigenvalue weighted by atomic mass is 10.2. The van der Waals surface area contributed by atoms with Gasteiger partial charge in [-0.25, -0.2) is 4.98 Å². The fraction of sp³-hybridized carbons (Fsp3) is 0.333. The van der Waals surface area contributed by atoms with Crippen molar-refractivity contribution >= 4 is 22.2 Å². The van der Waals surface area contributed by atoms with E-state index in [-0.39, 0.29) is 12.4 Å². The molecule has 3 aromatic rings. The van der Waals surface area contributed by atoms with Crippen LogP contribution in [0.15, 0.2) is 60.8 Å². The number of benzene rings is 2. The lowest BCUT2D eigenvalue weighted by Gasteiger charge is -2.24. The van der Waals surface area contributed by atoms with E-state index in [9.17, 15) is 4.79 Å². The molecule has 152 valence electrons. The molecule has 0 N–H and O–H groups in total. The van der Waals surface area contributed by atoms with Crippen molar-refractivity contribution in [2.45, 2.75) is 26.7 Å². The number of nitrogens with zero attached hydrogens (tertiary/aromatic N) is 2. The van der Waals surface area contributed by atoms with Crippen molar-refractivity contribution in [3.05, 3.63) is 60.8 Å². The van der Waals surface area contributed by atoms with Crippen LogP contribution in [0.25, 0.3) is 10.8 Å². The molecule has 0 unspecified atom stereocenters. The first-order valence-corrected chi connectivity index (χ1v) is 10.2. The molecule has 1 heterocycles. The van der Waals surface area contributed by atoms with Gasteiger partial charge in [0.2, 0.25) is 5.88 Å². The predicted molar refractivity (Wildman–Crippen MR) is 117 cm³/mol. The minimum absolute atomic E-state index is 0.126. The van der Waals surface area contributed by atoms with E-state index in [1.54, 1.807) is 0 Å². The Morgan fingerprint density at radius 2 is 1.83 bits per heavy atom. The Kier molecular flexibility index (Phi) is 7.59. The molecule has 0 bridgehead atoms. The third-order valence-electron chi connectivity index (χ3n) is 4.63. The zero-order valence-electron chi connectivity index (χ0n) is 17.1. The lowest BCUT2D eigenvalue weighted by molar-refractivity contribution is -0.123. The number of aromatic nitrogens is 1. The summed E-state index contributed by atoms with van der Waals surface area (Å²) in [5.74, 6) is 1.42. The topological polar surface area (TPSA) is 51.7 Å². The average molecular weight is 392 g/mol. The maximum atomic E-state index is 12.0. The largest absolute Gasteiger partial charge is 0.439 e. The number of rotatable bonds is 11. The second-order valence-corrected chi connectivity index (χ2v) is 6.88. The molecule has 0 fully saturated rings. The van der Waals surface area contributed by atoms with Crippen molar-refractivity contribution in [1.29, 1.82) is 0 Å². The zero-order chi connectivity index (χ0) is 20.5. The lowest BCUT2D eigenvalue weighted by Crippen LogP contribution is -2.27. The molecule has 5 heteroatoms. The molecule has 0 aliphatic carbocycles. The maximum absolute atomic E-state index is 12.0. The van der Waals surface area contributed by atoms with Crippen LogP contribution >= 0.6 is 0 Å². The normalized spacial score (nSPS) is 10.8. The Morgan fingerprint density at radius 3 is 2.62 bits per heavy atom. The van der Waals surface area contributed by atoms with Crippen LogP contribution in [0.4, 0.5) is 5.69 Å². The summed E-state index contributed by atoms with van der Waals surface area (Å²) in [6, 6.07) is 17.9. The molecule has 29 heavy (non-hydrogen) atoms. The number of ketones is 1. The predicted octanol–water partition coefficient (Wildman–Crippen LogP) is 5.24. The maximum Gasteiger partial charge on any atom is 0.219 e. The molecule has 0 radical (unpaired) electrons. The fourth-order valence-electron chi connectivity index (χ4n) is 3.17. The van der Waals surface area contributed by atoms with Crippen molar-refractivity contribution in [3.8, 4) is 11.6 Å². The highest BCUT2D eigenvalue weighted by Gasteiger charge is 2.11. The molecule has 0 amide bonds. The highest BCUT2D eigenvalue weighted by molar-refractivity contribution is 5.82. The van der Waals surface area contributed by atoms with Gasteiger partial charge in [-0.15, -0.1) is 0 Å². The van der Waals surface area contributed by atoms with Crippen molar-refractivity contribution in [2.75, 3.05) is 31.2 Å². The van der Waals surface area contributed by atoms with E-state index in [1.807, 2.05) is 67.7 Å². The van der Waals surface area contributed by atoms with Crippen LogP contribution in [0.1, 0.15) is 26.7 Å². The number of pyridine rings is 1. The van der Waals surface area contributed by atoms with Gasteiger partial charge in [0.15, 0.2) is 5.78 Å². The SMILES string of the molecule is CCCN(CCC(=O)COCC)c1cccc(Oc2cc3ccccc3cn2)c1. The number of anilines is 1. The third kappa shape index (κ3) is 6.03. The molecule has 0 spiro atoms. The summed E-state index contributed by atoms with van der Waals surface area (Å²) in [5.41, 5.74) is 1.04. The average Bonchev–Trinajstić information content (AvgIpc) is 2.75. The molecule has 0 saturated heterocycles. The van der Waals surface area contributed by atoms with Crippen molar-refractivity contribution in [2.24, 2.45) is 0 Å². The number of Topliss-reactive ketones (excluding diaryl/α,β-unsaturated/α-hetero) is 1. The monoisotopic (exact) mass is 392 g/mol. The molecular weight excluding hydrogens is 364 g/mol. The molecule has 2 aromatic carbocycles. The Hall–Kier alpha value is -2.92. The van der Waals surface area contributed by atoms with Crippen LogP contribution in [-0.2, 0) is 9.53 Å². The quantitative estimate of drug-likeness (QED) is 0.447. The van der Waals surface area contributed by atoms with E-state index < -0.39 is 0 Å². The summed E-state index contributed by atoms with van der Waals surface area (Å²) in [4.78, 5) is 18.6. The highest BCUT2D eigenvalue weighted by atomic mass is 16.5. The van der Waals surface area contributed by atoms with Gasteiger partial charge < -0.3 is 14.4 Å². The number of ether oxygens (including phenoxy) is 2. The second-order valence-electron chi connectivity index (χ2n) is 6.88. The molecule has 0 aliphatic heterocycles. The van der Waals surface area contributed by atoms with E-state index in [0.717, 1.165) is 35.2 Å². The van der Waals surface area contributed by atoms with Gasteiger partial charge in [0, 0.05) is 55.5 Å². The van der Waals surface area contributed by atoms with Crippen LogP contribution in [0, 0.1) is 0 Å². The highest BCUT2D eigenvalue weighted by Crippen LogP contribution is 2.27. The molecule has 1 aromatic heterocycles. The second kappa shape index (κ2) is 10.6. The number of fused-ring (bicyclic) bond motifs is 1. The van der Waals surface area contributed by atoms with Gasteiger partial charge in [-0.3, -0.25) is 4.79 Å². The minimum atomic E-state index is 0.126. The Labute approximate surface area is 172 Å². The molecule has 5 nitrogen and oxygen atoms in total. The molecule has 3 rings (SSSR count). The van der Waals surface area contributed by atoms with E-state index in [1.165, 1.54) is 0 Å². The summed E-state index contributed by atoms with van der Waals surface area (Å²) >= 11 is 0. The van der Waals surface area contributed by atoms with E-state index in [4.69, 9.17) is 9.47 Å². The fourth-order valence-corrected chi connectivity index (χ4v) is 3.17. The van der Waals surface area contributed by atoms with Gasteiger partial charge in [-0.2, -0.15) is 0 Å². The van der Waals surface area contributed by atoms with Gasteiger partial charge >= 0.3 is 0 Å². The summed E-state index contributed by atoms with van der Waals surface area (Å²) < 4.78 is 11.2. The molecule has 0 aliphatic rings. The Balaban J connectivity index is 1.70. The van der Waals surface area contributed by atoms with Crippen molar-refractivity contribution in [1.82, 2.24) is 4.98 Å². The third-order valence-corrected chi connectivity index (χ3v) is 4.63. The molecular formula is C24H28N2O3. The van der Waals surface area contributed by atoms with E-state index in [2.05, 4.69) is 16.8 Å². The first kappa shape index (κ1) is 20.8. The number of hydrogen-bond donors (Lipinski definition) is 0. The smallest absolute Gasteiger partial charge is 0.219 e. The Morgan fingerprint density at radius 1 is 1.00 bits per heavy atom. The summed E-state index contributed by atoms with van der Waals surface area (Å²) in [6.45, 7) is 6.32. The van der Waals surface area contributed by atoms with Gasteiger partial charge in [0.1, 0.15) is 12.4 Å². The van der Waals surface area contributed by atoms with Crippen LogP contribution in [0.5, 0.6) is 11.6 Å². The number of carbonyl (C=O) groups excluding carboxylic acids is 1. The minimum Gasteiger partial charge on any atom is -0.439 e. The summed E-state index contributed by atoms with van der Waals surface area (Å²) in [5, 5.41) is 2.17. The number of hydrogen-bond acceptors (Lipinski definition) is 5. The van der Waals surface area contributed by atoms with E-state index >= 15 is 0 Å². The van der Waals surface area contributed by atoms with Gasteiger partial charge in [-0.05, 0) is 30.9 Å². The number of carbonyl (C=O) groups is 1. The van der Waals surface area contributed by atoms with E-state index in [0.29, 0.717) is 25.5 Å². The van der Waals surface area contributed by atoms with Crippen LogP contribution in [0.3, 0.4) is 0 Å². The summed E-state index contributed by atoms with van der Waals surface area (Å²) in [6.07, 6.45) is 3.29.